The first-order chi connectivity index (χ1) is 19.1. The number of nitrogens with one attached hydrogen (secondary N) is 1. The number of ether oxygens (including phenoxy) is 1. The molecule has 10 heteroatoms. The topological polar surface area (TPSA) is 70.6 Å². The van der Waals surface area contributed by atoms with Gasteiger partial charge < -0.3 is 19.9 Å². The predicted molar refractivity (Wildman–Crippen MR) is 152 cm³/mol. The van der Waals surface area contributed by atoms with Crippen molar-refractivity contribution in [1.82, 2.24) is 14.9 Å². The second-order valence-electron chi connectivity index (χ2n) is 9.32. The molecule has 0 aliphatic carbocycles. The molecule has 1 heterocycles. The van der Waals surface area contributed by atoms with E-state index in [1.165, 1.54) is 12.1 Å². The Morgan fingerprint density at radius 1 is 0.875 bits per heavy atom. The van der Waals surface area contributed by atoms with E-state index < -0.39 is 11.7 Å². The number of fused-ring (bicyclic) bond motifs is 1. The van der Waals surface area contributed by atoms with Gasteiger partial charge in [0.2, 0.25) is 0 Å². The van der Waals surface area contributed by atoms with Crippen LogP contribution in [0.3, 0.4) is 0 Å². The van der Waals surface area contributed by atoms with Crippen LogP contribution < -0.4 is 15.0 Å². The van der Waals surface area contributed by atoms with Gasteiger partial charge in [-0.15, -0.1) is 0 Å². The lowest BCUT2D eigenvalue weighted by Gasteiger charge is -2.24. The summed E-state index contributed by atoms with van der Waals surface area (Å²) in [5.74, 6) is 0.718. The minimum atomic E-state index is -4.39. The molecule has 0 aliphatic rings. The van der Waals surface area contributed by atoms with Crippen LogP contribution in [0.1, 0.15) is 29.8 Å². The maximum atomic E-state index is 12.9. The van der Waals surface area contributed by atoms with E-state index in [1.54, 1.807) is 49.6 Å². The zero-order valence-corrected chi connectivity index (χ0v) is 22.9. The monoisotopic (exact) mass is 551 g/mol. The van der Waals surface area contributed by atoms with Gasteiger partial charge in [-0.05, 0) is 66.7 Å². The highest BCUT2D eigenvalue weighted by Gasteiger charge is 2.30. The van der Waals surface area contributed by atoms with Gasteiger partial charge in [-0.2, -0.15) is 13.2 Å². The summed E-state index contributed by atoms with van der Waals surface area (Å²) in [6, 6.07) is 16.9. The number of benzene rings is 3. The quantitative estimate of drug-likeness (QED) is 0.248. The number of carbonyl (C=O) groups excluding carboxylic acids is 1. The standard InChI is InChI=1S/C30H32F3N5O2/c1-5-38(6-2)18-17-37(3)27-29(40-4)36-26-19-24(15-16-25(26)35-27)34-28(39)22-9-7-20(8-10-22)21-11-13-23(14-12-21)30(31,32)33/h7-16,19H,5-6,17-18H2,1-4H3,(H,34,39). The van der Waals surface area contributed by atoms with Crippen molar-refractivity contribution in [3.8, 4) is 17.0 Å². The molecule has 4 rings (SSSR count). The van der Waals surface area contributed by atoms with E-state index >= 15 is 0 Å². The van der Waals surface area contributed by atoms with Crippen molar-refractivity contribution in [1.29, 1.82) is 0 Å². The largest absolute Gasteiger partial charge is 0.478 e. The van der Waals surface area contributed by atoms with Crippen molar-refractivity contribution in [2.45, 2.75) is 20.0 Å². The van der Waals surface area contributed by atoms with Gasteiger partial charge in [-0.25, -0.2) is 9.97 Å². The van der Waals surface area contributed by atoms with Gasteiger partial charge in [0.25, 0.3) is 11.8 Å². The first kappa shape index (κ1) is 28.8. The summed E-state index contributed by atoms with van der Waals surface area (Å²) in [7, 11) is 3.51. The molecule has 0 saturated carbocycles. The highest BCUT2D eigenvalue weighted by Crippen LogP contribution is 2.31. The van der Waals surface area contributed by atoms with E-state index in [0.29, 0.717) is 45.1 Å². The molecule has 0 bridgehead atoms. The molecule has 3 aromatic carbocycles. The number of anilines is 2. The minimum Gasteiger partial charge on any atom is -0.478 e. The van der Waals surface area contributed by atoms with Crippen molar-refractivity contribution >= 4 is 28.4 Å². The second kappa shape index (κ2) is 12.3. The molecular weight excluding hydrogens is 519 g/mol. The predicted octanol–water partition coefficient (Wildman–Crippen LogP) is 6.35. The van der Waals surface area contributed by atoms with Crippen LogP contribution in [0.5, 0.6) is 5.88 Å². The molecule has 0 unspecified atom stereocenters. The molecule has 1 amide bonds. The van der Waals surface area contributed by atoms with Crippen LogP contribution in [0.25, 0.3) is 22.2 Å². The highest BCUT2D eigenvalue weighted by atomic mass is 19.4. The first-order valence-electron chi connectivity index (χ1n) is 13.0. The Bertz CT molecular complexity index is 1450. The molecule has 40 heavy (non-hydrogen) atoms. The average Bonchev–Trinajstić information content (AvgIpc) is 2.96. The lowest BCUT2D eigenvalue weighted by Crippen LogP contribution is -2.33. The lowest BCUT2D eigenvalue weighted by atomic mass is 10.0. The zero-order valence-electron chi connectivity index (χ0n) is 22.9. The molecule has 0 fully saturated rings. The van der Waals surface area contributed by atoms with E-state index in [0.717, 1.165) is 38.3 Å². The third-order valence-corrected chi connectivity index (χ3v) is 6.77. The second-order valence-corrected chi connectivity index (χ2v) is 9.32. The normalized spacial score (nSPS) is 11.6. The smallest absolute Gasteiger partial charge is 0.416 e. The summed E-state index contributed by atoms with van der Waals surface area (Å²) < 4.78 is 44.0. The fourth-order valence-electron chi connectivity index (χ4n) is 4.30. The van der Waals surface area contributed by atoms with Crippen LogP contribution >= 0.6 is 0 Å². The number of nitrogens with zero attached hydrogens (tertiary/aromatic N) is 4. The number of aromatic nitrogens is 2. The van der Waals surface area contributed by atoms with Crippen molar-refractivity contribution in [2.24, 2.45) is 0 Å². The Morgan fingerprint density at radius 3 is 2.08 bits per heavy atom. The summed E-state index contributed by atoms with van der Waals surface area (Å²) in [5.41, 5.74) is 2.82. The molecular formula is C30H32F3N5O2. The molecule has 7 nitrogen and oxygen atoms in total. The number of alkyl halides is 3. The van der Waals surface area contributed by atoms with Gasteiger partial charge in [0.05, 0.1) is 23.7 Å². The number of hydrogen-bond donors (Lipinski definition) is 1. The number of carbonyl (C=O) groups is 1. The van der Waals surface area contributed by atoms with Gasteiger partial charge in [0, 0.05) is 31.4 Å². The van der Waals surface area contributed by atoms with Crippen LogP contribution in [0.4, 0.5) is 24.7 Å². The molecule has 0 radical (unpaired) electrons. The molecule has 0 atom stereocenters. The number of amides is 1. The Hall–Kier alpha value is -4.18. The van der Waals surface area contributed by atoms with E-state index in [1.807, 2.05) is 11.9 Å². The summed E-state index contributed by atoms with van der Waals surface area (Å²) in [4.78, 5) is 26.6. The minimum absolute atomic E-state index is 0.328. The SMILES string of the molecule is CCN(CC)CCN(C)c1nc2ccc(NC(=O)c3ccc(-c4ccc(C(F)(F)F)cc4)cc3)cc2nc1OC. The maximum Gasteiger partial charge on any atom is 0.416 e. The van der Waals surface area contributed by atoms with Gasteiger partial charge in [-0.3, -0.25) is 4.79 Å². The third-order valence-electron chi connectivity index (χ3n) is 6.77. The number of likely N-dealkylation sites (N-methyl/N-ethyl adjacent to an activating group) is 2. The van der Waals surface area contributed by atoms with Crippen LogP contribution in [0, 0.1) is 0 Å². The van der Waals surface area contributed by atoms with Crippen molar-refractivity contribution in [2.75, 3.05) is 50.6 Å². The molecule has 1 N–H and O–H groups in total. The Labute approximate surface area is 231 Å². The lowest BCUT2D eigenvalue weighted by molar-refractivity contribution is -0.137. The van der Waals surface area contributed by atoms with E-state index in [2.05, 4.69) is 29.0 Å². The maximum absolute atomic E-state index is 12.9. The van der Waals surface area contributed by atoms with Crippen LogP contribution in [-0.4, -0.2) is 61.1 Å². The summed E-state index contributed by atoms with van der Waals surface area (Å²) >= 11 is 0. The summed E-state index contributed by atoms with van der Waals surface area (Å²) in [6.07, 6.45) is -4.39. The van der Waals surface area contributed by atoms with Gasteiger partial charge in [-0.1, -0.05) is 38.1 Å². The molecule has 210 valence electrons. The van der Waals surface area contributed by atoms with Crippen LogP contribution in [0.2, 0.25) is 0 Å². The number of hydrogen-bond acceptors (Lipinski definition) is 6. The number of rotatable bonds is 10. The van der Waals surface area contributed by atoms with E-state index in [-0.39, 0.29) is 5.91 Å². The number of methoxy groups -OCH3 is 1. The van der Waals surface area contributed by atoms with Gasteiger partial charge in [0.1, 0.15) is 0 Å². The zero-order chi connectivity index (χ0) is 28.9. The molecule has 0 aliphatic heterocycles. The fraction of sp³-hybridized carbons (Fsp3) is 0.300. The average molecular weight is 552 g/mol. The first-order valence-corrected chi connectivity index (χ1v) is 13.0. The molecule has 0 spiro atoms. The molecule has 0 saturated heterocycles. The molecule has 4 aromatic rings. The van der Waals surface area contributed by atoms with Crippen molar-refractivity contribution < 1.29 is 22.7 Å². The van der Waals surface area contributed by atoms with E-state index in [4.69, 9.17) is 9.72 Å². The highest BCUT2D eigenvalue weighted by molar-refractivity contribution is 6.05. The van der Waals surface area contributed by atoms with Crippen LogP contribution in [0.15, 0.2) is 66.7 Å². The van der Waals surface area contributed by atoms with Crippen LogP contribution in [-0.2, 0) is 6.18 Å². The summed E-state index contributed by atoms with van der Waals surface area (Å²) in [5, 5.41) is 2.87. The summed E-state index contributed by atoms with van der Waals surface area (Å²) in [6.45, 7) is 7.88. The Kier molecular flexibility index (Phi) is 8.89. The van der Waals surface area contributed by atoms with E-state index in [9.17, 15) is 18.0 Å². The van der Waals surface area contributed by atoms with Gasteiger partial charge in [0.15, 0.2) is 5.82 Å². The fourth-order valence-corrected chi connectivity index (χ4v) is 4.30. The Morgan fingerprint density at radius 2 is 1.50 bits per heavy atom. The van der Waals surface area contributed by atoms with Gasteiger partial charge >= 0.3 is 6.18 Å². The van der Waals surface area contributed by atoms with Crippen molar-refractivity contribution in [3.05, 3.63) is 77.9 Å². The number of halogens is 3. The van der Waals surface area contributed by atoms with Crippen molar-refractivity contribution in [3.63, 3.8) is 0 Å². The third kappa shape index (κ3) is 6.69. The Balaban J connectivity index is 1.47. The molecule has 1 aromatic heterocycles.